The van der Waals surface area contributed by atoms with Gasteiger partial charge in [0.1, 0.15) is 6.04 Å². The largest absolute Gasteiger partial charge is 0.416 e. The van der Waals surface area contributed by atoms with E-state index in [2.05, 4.69) is 5.32 Å². The number of hydrogen-bond acceptors (Lipinski definition) is 7. The van der Waals surface area contributed by atoms with Crippen LogP contribution in [-0.4, -0.2) is 53.0 Å². The third kappa shape index (κ3) is 4.61. The lowest BCUT2D eigenvalue weighted by Crippen LogP contribution is -2.47. The van der Waals surface area contributed by atoms with Crippen LogP contribution in [-0.2, 0) is 15.7 Å². The number of benzene rings is 1. The molecule has 148 valence electrons. The number of nitro groups is 2. The molecule has 10 nitrogen and oxygen atoms in total. The van der Waals surface area contributed by atoms with E-state index in [1.807, 2.05) is 0 Å². The SMILES string of the molecule is CC(Nc1c([N+](=O)[O-])cc(C(F)(F)F)cc1[N+](=O)[O-])C(=O)N1CCOCC1. The highest BCUT2D eigenvalue weighted by Crippen LogP contribution is 2.41. The number of ether oxygens (including phenoxy) is 1. The zero-order chi connectivity index (χ0) is 20.4. The zero-order valence-electron chi connectivity index (χ0n) is 14.0. The summed E-state index contributed by atoms with van der Waals surface area (Å²) in [5.74, 6) is -0.512. The quantitative estimate of drug-likeness (QED) is 0.601. The second-order valence-electron chi connectivity index (χ2n) is 5.71. The fourth-order valence-corrected chi connectivity index (χ4v) is 2.55. The fourth-order valence-electron chi connectivity index (χ4n) is 2.55. The van der Waals surface area contributed by atoms with Crippen molar-refractivity contribution in [2.45, 2.75) is 19.1 Å². The molecule has 27 heavy (non-hydrogen) atoms. The van der Waals surface area contributed by atoms with Crippen molar-refractivity contribution in [3.8, 4) is 0 Å². The summed E-state index contributed by atoms with van der Waals surface area (Å²) in [5, 5.41) is 24.7. The number of carbonyl (C=O) groups excluding carboxylic acids is 1. The van der Waals surface area contributed by atoms with Gasteiger partial charge in [-0.3, -0.25) is 25.0 Å². The van der Waals surface area contributed by atoms with Crippen molar-refractivity contribution in [3.05, 3.63) is 37.9 Å². The molecule has 1 unspecified atom stereocenters. The predicted octanol–water partition coefficient (Wildman–Crippen LogP) is 2.18. The Labute approximate surface area is 150 Å². The predicted molar refractivity (Wildman–Crippen MR) is 85.2 cm³/mol. The van der Waals surface area contributed by atoms with Crippen LogP contribution in [0.4, 0.5) is 30.2 Å². The van der Waals surface area contributed by atoms with E-state index in [9.17, 15) is 38.2 Å². The van der Waals surface area contributed by atoms with Gasteiger partial charge in [-0.25, -0.2) is 0 Å². The number of morpholine rings is 1. The van der Waals surface area contributed by atoms with E-state index >= 15 is 0 Å². The fraction of sp³-hybridized carbons (Fsp3) is 0.500. The van der Waals surface area contributed by atoms with Crippen LogP contribution in [0, 0.1) is 20.2 Å². The van der Waals surface area contributed by atoms with Gasteiger partial charge < -0.3 is 15.0 Å². The van der Waals surface area contributed by atoms with E-state index in [-0.39, 0.29) is 25.2 Å². The van der Waals surface area contributed by atoms with E-state index in [1.165, 1.54) is 11.8 Å². The zero-order valence-corrected chi connectivity index (χ0v) is 14.0. The first-order chi connectivity index (χ1) is 12.5. The van der Waals surface area contributed by atoms with Crippen molar-refractivity contribution in [2.75, 3.05) is 31.6 Å². The van der Waals surface area contributed by atoms with Gasteiger partial charge in [0.2, 0.25) is 5.91 Å². The molecule has 1 saturated heterocycles. The van der Waals surface area contributed by atoms with Crippen LogP contribution in [0.1, 0.15) is 12.5 Å². The molecule has 1 N–H and O–H groups in total. The number of rotatable bonds is 5. The molecule has 0 radical (unpaired) electrons. The summed E-state index contributed by atoms with van der Waals surface area (Å²) in [5.41, 5.74) is -4.57. The van der Waals surface area contributed by atoms with Gasteiger partial charge in [0.15, 0.2) is 5.69 Å². The minimum absolute atomic E-state index is 0.196. The number of nitrogens with zero attached hydrogens (tertiary/aromatic N) is 3. The minimum atomic E-state index is -5.01. The second kappa shape index (κ2) is 7.73. The number of nitrogens with one attached hydrogen (secondary N) is 1. The standard InChI is InChI=1S/C14H15F3N4O6/c1-8(13(22)19-2-4-27-5-3-19)18-12-10(20(23)24)6-9(14(15,16)17)7-11(12)21(25)26/h6-8,18H,2-5H2,1H3. The first-order valence-corrected chi connectivity index (χ1v) is 7.69. The highest BCUT2D eigenvalue weighted by Gasteiger charge is 2.38. The summed E-state index contributed by atoms with van der Waals surface area (Å²) < 4.78 is 43.8. The van der Waals surface area contributed by atoms with Crippen LogP contribution in [0.15, 0.2) is 12.1 Å². The number of alkyl halides is 3. The molecule has 0 saturated carbocycles. The van der Waals surface area contributed by atoms with Gasteiger partial charge in [-0.15, -0.1) is 0 Å². The molecule has 1 heterocycles. The third-order valence-corrected chi connectivity index (χ3v) is 3.87. The summed E-state index contributed by atoms with van der Waals surface area (Å²) in [7, 11) is 0. The lowest BCUT2D eigenvalue weighted by atomic mass is 10.1. The first kappa shape index (κ1) is 20.4. The van der Waals surface area contributed by atoms with Crippen molar-refractivity contribution in [3.63, 3.8) is 0 Å². The molecule has 1 aromatic rings. The average molecular weight is 392 g/mol. The summed E-state index contributed by atoms with van der Waals surface area (Å²) >= 11 is 0. The molecule has 2 rings (SSSR count). The van der Waals surface area contributed by atoms with Crippen molar-refractivity contribution < 1.29 is 32.5 Å². The van der Waals surface area contributed by atoms with Crippen molar-refractivity contribution in [1.29, 1.82) is 0 Å². The van der Waals surface area contributed by atoms with Gasteiger partial charge in [0, 0.05) is 25.2 Å². The van der Waals surface area contributed by atoms with Gasteiger partial charge >= 0.3 is 6.18 Å². The van der Waals surface area contributed by atoms with Crippen LogP contribution in [0.5, 0.6) is 0 Å². The highest BCUT2D eigenvalue weighted by atomic mass is 19.4. The topological polar surface area (TPSA) is 128 Å². The number of amides is 1. The molecule has 1 atom stereocenters. The van der Waals surface area contributed by atoms with E-state index in [4.69, 9.17) is 4.74 Å². The Hall–Kier alpha value is -2.96. The van der Waals surface area contributed by atoms with Crippen LogP contribution >= 0.6 is 0 Å². The van der Waals surface area contributed by atoms with Crippen molar-refractivity contribution in [2.24, 2.45) is 0 Å². The Bertz CT molecular complexity index is 729. The van der Waals surface area contributed by atoms with E-state index in [1.54, 1.807) is 0 Å². The monoisotopic (exact) mass is 392 g/mol. The Morgan fingerprint density at radius 2 is 1.67 bits per heavy atom. The lowest BCUT2D eigenvalue weighted by Gasteiger charge is -2.29. The minimum Gasteiger partial charge on any atom is -0.378 e. The molecule has 1 aliphatic heterocycles. The molecule has 1 aromatic carbocycles. The van der Waals surface area contributed by atoms with Crippen molar-refractivity contribution in [1.82, 2.24) is 4.90 Å². The van der Waals surface area contributed by atoms with Gasteiger partial charge in [0.05, 0.1) is 28.6 Å². The maximum absolute atomic E-state index is 12.9. The molecular formula is C14H15F3N4O6. The first-order valence-electron chi connectivity index (χ1n) is 7.69. The third-order valence-electron chi connectivity index (χ3n) is 3.87. The molecule has 1 amide bonds. The number of carbonyl (C=O) groups is 1. The van der Waals surface area contributed by atoms with Gasteiger partial charge in [-0.05, 0) is 6.92 Å². The molecule has 0 aromatic heterocycles. The number of halogens is 3. The Morgan fingerprint density at radius 3 is 2.07 bits per heavy atom. The molecule has 13 heteroatoms. The summed E-state index contributed by atoms with van der Waals surface area (Å²) in [4.78, 5) is 33.8. The number of anilines is 1. The van der Waals surface area contributed by atoms with Crippen LogP contribution < -0.4 is 5.32 Å². The van der Waals surface area contributed by atoms with E-state index < -0.39 is 50.6 Å². The van der Waals surface area contributed by atoms with Crippen molar-refractivity contribution >= 4 is 23.0 Å². The van der Waals surface area contributed by atoms with Crippen LogP contribution in [0.2, 0.25) is 0 Å². The number of nitro benzene ring substituents is 2. The maximum atomic E-state index is 12.9. The summed E-state index contributed by atoms with van der Waals surface area (Å²) in [6, 6.07) is -0.750. The van der Waals surface area contributed by atoms with Gasteiger partial charge in [-0.2, -0.15) is 13.2 Å². The maximum Gasteiger partial charge on any atom is 0.416 e. The second-order valence-corrected chi connectivity index (χ2v) is 5.71. The Kier molecular flexibility index (Phi) is 5.83. The van der Waals surface area contributed by atoms with E-state index in [0.717, 1.165) is 0 Å². The molecule has 0 aliphatic carbocycles. The summed E-state index contributed by atoms with van der Waals surface area (Å²) in [6.07, 6.45) is -5.01. The Morgan fingerprint density at radius 1 is 1.19 bits per heavy atom. The molecule has 0 bridgehead atoms. The number of hydrogen-bond donors (Lipinski definition) is 1. The van der Waals surface area contributed by atoms with E-state index in [0.29, 0.717) is 13.2 Å². The molecule has 1 aliphatic rings. The highest BCUT2D eigenvalue weighted by molar-refractivity contribution is 5.87. The Balaban J connectivity index is 2.43. The molecule has 1 fully saturated rings. The summed E-state index contributed by atoms with van der Waals surface area (Å²) in [6.45, 7) is 2.42. The molecular weight excluding hydrogens is 377 g/mol. The smallest absolute Gasteiger partial charge is 0.378 e. The van der Waals surface area contributed by atoms with Crippen LogP contribution in [0.25, 0.3) is 0 Å². The van der Waals surface area contributed by atoms with Gasteiger partial charge in [0.25, 0.3) is 11.4 Å². The average Bonchev–Trinajstić information content (AvgIpc) is 2.60. The lowest BCUT2D eigenvalue weighted by molar-refractivity contribution is -0.392. The van der Waals surface area contributed by atoms with Gasteiger partial charge in [-0.1, -0.05) is 0 Å². The normalized spacial score (nSPS) is 15.9. The van der Waals surface area contributed by atoms with Crippen LogP contribution in [0.3, 0.4) is 0 Å². The molecule has 0 spiro atoms.